The van der Waals surface area contributed by atoms with Crippen LogP contribution in [0.4, 0.5) is 0 Å². The van der Waals surface area contributed by atoms with Crippen LogP contribution in [0.1, 0.15) is 123 Å². The Kier molecular flexibility index (Phi) is 14.1. The highest BCUT2D eigenvalue weighted by atomic mass is 16.5. The molecule has 1 amide bonds. The molecule has 3 aromatic rings. The first-order valence-electron chi connectivity index (χ1n) is 16.4. The van der Waals surface area contributed by atoms with Gasteiger partial charge in [0.15, 0.2) is 0 Å². The molecule has 0 spiro atoms. The normalized spacial score (nSPS) is 12.1. The number of carbonyl (C=O) groups excluding carboxylic acids is 1. The van der Waals surface area contributed by atoms with E-state index < -0.39 is 0 Å². The summed E-state index contributed by atoms with van der Waals surface area (Å²) >= 11 is 0. The Morgan fingerprint density at radius 3 is 2.07 bits per heavy atom. The lowest BCUT2D eigenvalue weighted by molar-refractivity contribution is -0.134. The average Bonchev–Trinajstić information content (AvgIpc) is 2.99. The minimum Gasteiger partial charge on any atom is -0.495 e. The second-order valence-electron chi connectivity index (χ2n) is 11.9. The molecule has 0 bridgehead atoms. The lowest BCUT2D eigenvalue weighted by Gasteiger charge is -2.34. The third kappa shape index (κ3) is 9.17. The summed E-state index contributed by atoms with van der Waals surface area (Å²) in [4.78, 5) is 34.8. The Bertz CT molecular complexity index is 1300. The minimum absolute atomic E-state index is 0.139. The van der Waals surface area contributed by atoms with E-state index in [2.05, 4.69) is 27.7 Å². The number of benzene rings is 2. The van der Waals surface area contributed by atoms with Crippen LogP contribution in [-0.2, 0) is 4.79 Å². The van der Waals surface area contributed by atoms with Crippen molar-refractivity contribution in [3.05, 3.63) is 64.7 Å². The SMILES string of the molecule is CCCCCCCCCCCCCC(=O)N(CC(C)C)C(CC)c1nc2ccccc2c(=O)n1-c1ccccc1OC. The smallest absolute Gasteiger partial charge is 0.266 e. The van der Waals surface area contributed by atoms with E-state index in [0.29, 0.717) is 47.6 Å². The fourth-order valence-corrected chi connectivity index (χ4v) is 5.84. The van der Waals surface area contributed by atoms with Crippen LogP contribution >= 0.6 is 0 Å². The van der Waals surface area contributed by atoms with Gasteiger partial charge in [-0.15, -0.1) is 0 Å². The van der Waals surface area contributed by atoms with Gasteiger partial charge in [-0.1, -0.05) is 116 Å². The fraction of sp³-hybridized carbons (Fsp3) is 0.583. The molecule has 1 atom stereocenters. The summed E-state index contributed by atoms with van der Waals surface area (Å²) in [6.07, 6.45) is 14.9. The number of carbonyl (C=O) groups is 1. The monoisotopic (exact) mass is 575 g/mol. The zero-order chi connectivity index (χ0) is 30.3. The quantitative estimate of drug-likeness (QED) is 0.134. The molecule has 2 aromatic carbocycles. The lowest BCUT2D eigenvalue weighted by Crippen LogP contribution is -2.40. The van der Waals surface area contributed by atoms with Gasteiger partial charge in [-0.3, -0.25) is 14.2 Å². The number of hydrogen-bond donors (Lipinski definition) is 0. The maximum absolute atomic E-state index is 14.0. The maximum atomic E-state index is 14.0. The van der Waals surface area contributed by atoms with Gasteiger partial charge in [0.25, 0.3) is 5.56 Å². The van der Waals surface area contributed by atoms with Crippen molar-refractivity contribution < 1.29 is 9.53 Å². The van der Waals surface area contributed by atoms with Crippen molar-refractivity contribution in [1.29, 1.82) is 0 Å². The first-order chi connectivity index (χ1) is 20.4. The molecule has 0 N–H and O–H groups in total. The summed E-state index contributed by atoms with van der Waals surface area (Å²) in [5.74, 6) is 1.60. The molecule has 1 aromatic heterocycles. The number of fused-ring (bicyclic) bond motifs is 1. The first kappa shape index (κ1) is 33.4. The topological polar surface area (TPSA) is 64.4 Å². The summed E-state index contributed by atoms with van der Waals surface area (Å²) < 4.78 is 7.33. The highest BCUT2D eigenvalue weighted by molar-refractivity contribution is 5.79. The summed E-state index contributed by atoms with van der Waals surface area (Å²) in [7, 11) is 1.61. The second-order valence-corrected chi connectivity index (χ2v) is 11.9. The van der Waals surface area contributed by atoms with E-state index in [1.54, 1.807) is 11.7 Å². The molecule has 0 aliphatic heterocycles. The van der Waals surface area contributed by atoms with Gasteiger partial charge in [0.2, 0.25) is 5.91 Å². The van der Waals surface area contributed by atoms with Gasteiger partial charge in [0.1, 0.15) is 11.6 Å². The largest absolute Gasteiger partial charge is 0.495 e. The van der Waals surface area contributed by atoms with Gasteiger partial charge in [-0.25, -0.2) is 4.98 Å². The Hall–Kier alpha value is -3.15. The second kappa shape index (κ2) is 17.7. The van der Waals surface area contributed by atoms with Gasteiger partial charge in [0.05, 0.1) is 29.7 Å². The molecule has 0 saturated carbocycles. The predicted molar refractivity (Wildman–Crippen MR) is 175 cm³/mol. The number of para-hydroxylation sites is 3. The Morgan fingerprint density at radius 2 is 1.45 bits per heavy atom. The molecule has 0 aliphatic carbocycles. The molecule has 0 saturated heterocycles. The maximum Gasteiger partial charge on any atom is 0.266 e. The van der Waals surface area contributed by atoms with E-state index in [1.807, 2.05) is 53.4 Å². The highest BCUT2D eigenvalue weighted by Crippen LogP contribution is 2.30. The zero-order valence-corrected chi connectivity index (χ0v) is 26.7. The number of ether oxygens (including phenoxy) is 1. The van der Waals surface area contributed by atoms with Crippen molar-refractivity contribution in [3.63, 3.8) is 0 Å². The van der Waals surface area contributed by atoms with E-state index >= 15 is 0 Å². The van der Waals surface area contributed by atoms with Crippen LogP contribution in [0.15, 0.2) is 53.3 Å². The van der Waals surface area contributed by atoms with Crippen molar-refractivity contribution in [2.24, 2.45) is 5.92 Å². The molecule has 1 unspecified atom stereocenters. The molecule has 42 heavy (non-hydrogen) atoms. The lowest BCUT2D eigenvalue weighted by atomic mass is 10.0. The van der Waals surface area contributed by atoms with Crippen LogP contribution in [0.3, 0.4) is 0 Å². The molecular formula is C36H53N3O3. The van der Waals surface area contributed by atoms with E-state index in [4.69, 9.17) is 9.72 Å². The van der Waals surface area contributed by atoms with E-state index in [1.165, 1.54) is 57.8 Å². The number of rotatable bonds is 19. The number of unbranched alkanes of at least 4 members (excludes halogenated alkanes) is 10. The van der Waals surface area contributed by atoms with E-state index in [9.17, 15) is 9.59 Å². The number of nitrogens with zero attached hydrogens (tertiary/aromatic N) is 3. The molecule has 6 nitrogen and oxygen atoms in total. The standard InChI is InChI=1S/C36H53N3O3/c1-6-8-9-10-11-12-13-14-15-16-17-26-34(40)38(27-28(3)4)31(7-2)35-37-30-23-19-18-22-29(30)36(41)39(35)32-24-20-21-25-33(32)42-5/h18-25,28,31H,6-17,26-27H2,1-5H3. The third-order valence-electron chi connectivity index (χ3n) is 8.07. The van der Waals surface area contributed by atoms with Crippen molar-refractivity contribution in [1.82, 2.24) is 14.5 Å². The molecule has 6 heteroatoms. The van der Waals surface area contributed by atoms with Crippen LogP contribution < -0.4 is 10.3 Å². The van der Waals surface area contributed by atoms with Gasteiger partial charge < -0.3 is 9.64 Å². The summed E-state index contributed by atoms with van der Waals surface area (Å²) in [5.41, 5.74) is 1.13. The van der Waals surface area contributed by atoms with E-state index in [-0.39, 0.29) is 23.4 Å². The number of methoxy groups -OCH3 is 1. The number of hydrogen-bond acceptors (Lipinski definition) is 4. The fourth-order valence-electron chi connectivity index (χ4n) is 5.84. The first-order valence-corrected chi connectivity index (χ1v) is 16.4. The average molecular weight is 576 g/mol. The van der Waals surface area contributed by atoms with Crippen LogP contribution in [0, 0.1) is 5.92 Å². The Morgan fingerprint density at radius 1 is 0.857 bits per heavy atom. The van der Waals surface area contributed by atoms with Gasteiger partial charge >= 0.3 is 0 Å². The van der Waals surface area contributed by atoms with Crippen molar-refractivity contribution in [3.8, 4) is 11.4 Å². The van der Waals surface area contributed by atoms with Crippen LogP contribution in [0.2, 0.25) is 0 Å². The number of amides is 1. The van der Waals surface area contributed by atoms with Gasteiger partial charge in [-0.2, -0.15) is 0 Å². The van der Waals surface area contributed by atoms with Crippen LogP contribution in [0.25, 0.3) is 16.6 Å². The minimum atomic E-state index is -0.338. The van der Waals surface area contributed by atoms with Crippen LogP contribution in [0.5, 0.6) is 5.75 Å². The molecule has 1 heterocycles. The Labute approximate surface area is 253 Å². The summed E-state index contributed by atoms with van der Waals surface area (Å²) in [6, 6.07) is 14.6. The third-order valence-corrected chi connectivity index (χ3v) is 8.07. The zero-order valence-electron chi connectivity index (χ0n) is 26.7. The van der Waals surface area contributed by atoms with Gasteiger partial charge in [-0.05, 0) is 43.0 Å². The predicted octanol–water partition coefficient (Wildman–Crippen LogP) is 9.03. The highest BCUT2D eigenvalue weighted by Gasteiger charge is 2.30. The molecule has 3 rings (SSSR count). The van der Waals surface area contributed by atoms with Crippen molar-refractivity contribution >= 4 is 16.8 Å². The summed E-state index contributed by atoms with van der Waals surface area (Å²) in [5, 5.41) is 0.546. The summed E-state index contributed by atoms with van der Waals surface area (Å²) in [6.45, 7) is 9.22. The molecule has 0 fully saturated rings. The molecule has 0 radical (unpaired) electrons. The molecule has 230 valence electrons. The van der Waals surface area contributed by atoms with Crippen molar-refractivity contribution in [2.75, 3.05) is 13.7 Å². The van der Waals surface area contributed by atoms with Crippen molar-refractivity contribution in [2.45, 2.75) is 117 Å². The molecular weight excluding hydrogens is 522 g/mol. The van der Waals surface area contributed by atoms with E-state index in [0.717, 1.165) is 12.8 Å². The van der Waals surface area contributed by atoms with Gasteiger partial charge in [0, 0.05) is 13.0 Å². The molecule has 0 aliphatic rings. The number of aromatic nitrogens is 2. The Balaban J connectivity index is 1.80. The van der Waals surface area contributed by atoms with Crippen LogP contribution in [-0.4, -0.2) is 34.0 Å².